The third-order valence-electron chi connectivity index (χ3n) is 2.57. The van der Waals surface area contributed by atoms with Crippen LogP contribution in [0.4, 0.5) is 0 Å². The number of halogens is 1. The van der Waals surface area contributed by atoms with Gasteiger partial charge in [0, 0.05) is 11.1 Å². The van der Waals surface area contributed by atoms with Gasteiger partial charge in [0.2, 0.25) is 0 Å². The molecule has 1 atom stereocenters. The minimum absolute atomic E-state index is 0.439. The Labute approximate surface area is 150 Å². The predicted octanol–water partition coefficient (Wildman–Crippen LogP) is 6.38. The van der Waals surface area contributed by atoms with Crippen LogP contribution in [0, 0.1) is 0 Å². The Kier molecular flexibility index (Phi) is 7.48. The summed E-state index contributed by atoms with van der Waals surface area (Å²) in [7, 11) is -7.61. The molecule has 23 heavy (non-hydrogen) atoms. The molecule has 0 heterocycles. The standard InChI is InChI=1S/C15H28BrO4PSi2/c1-8-18-15(13-9-11-14(16)12-10-13)21(17,19-22(2,3)4)20-23(5,6)7/h9-12,15H,8H2,1-7H3. The lowest BCUT2D eigenvalue weighted by Gasteiger charge is -2.35. The minimum Gasteiger partial charge on any atom is -0.361 e. The molecular weight excluding hydrogens is 411 g/mol. The third-order valence-corrected chi connectivity index (χ3v) is 10.5. The van der Waals surface area contributed by atoms with Crippen LogP contribution in [-0.2, 0) is 17.7 Å². The smallest absolute Gasteiger partial charge is 0.344 e. The van der Waals surface area contributed by atoms with Gasteiger partial charge >= 0.3 is 7.60 Å². The average molecular weight is 439 g/mol. The van der Waals surface area contributed by atoms with Crippen LogP contribution >= 0.6 is 23.5 Å². The second-order valence-electron chi connectivity index (χ2n) is 7.31. The van der Waals surface area contributed by atoms with Crippen LogP contribution in [0.2, 0.25) is 39.3 Å². The van der Waals surface area contributed by atoms with Gasteiger partial charge in [0.25, 0.3) is 0 Å². The highest BCUT2D eigenvalue weighted by molar-refractivity contribution is 9.10. The maximum Gasteiger partial charge on any atom is 0.344 e. The lowest BCUT2D eigenvalue weighted by Crippen LogP contribution is -2.32. The molecule has 0 radical (unpaired) electrons. The van der Waals surface area contributed by atoms with E-state index in [4.69, 9.17) is 13.2 Å². The van der Waals surface area contributed by atoms with Crippen molar-refractivity contribution in [1.29, 1.82) is 0 Å². The van der Waals surface area contributed by atoms with E-state index in [2.05, 4.69) is 15.9 Å². The molecule has 4 nitrogen and oxygen atoms in total. The number of hydrogen-bond donors (Lipinski definition) is 0. The monoisotopic (exact) mass is 438 g/mol. The molecule has 0 aliphatic heterocycles. The van der Waals surface area contributed by atoms with Gasteiger partial charge in [-0.15, -0.1) is 0 Å². The molecule has 0 N–H and O–H groups in total. The van der Waals surface area contributed by atoms with Crippen molar-refractivity contribution in [2.75, 3.05) is 6.61 Å². The predicted molar refractivity (Wildman–Crippen MR) is 105 cm³/mol. The molecule has 1 rings (SSSR count). The van der Waals surface area contributed by atoms with Crippen LogP contribution in [0.15, 0.2) is 28.7 Å². The summed E-state index contributed by atoms with van der Waals surface area (Å²) in [5, 5.41) is 0. The van der Waals surface area contributed by atoms with Gasteiger partial charge in [0.05, 0.1) is 0 Å². The second kappa shape index (κ2) is 8.08. The van der Waals surface area contributed by atoms with E-state index >= 15 is 0 Å². The van der Waals surface area contributed by atoms with Crippen molar-refractivity contribution in [2.45, 2.75) is 52.1 Å². The second-order valence-corrected chi connectivity index (χ2v) is 19.7. The molecule has 0 saturated heterocycles. The molecule has 1 aromatic rings. The van der Waals surface area contributed by atoms with E-state index in [1.807, 2.05) is 70.5 Å². The first-order valence-electron chi connectivity index (χ1n) is 7.74. The summed E-state index contributed by atoms with van der Waals surface area (Å²) in [6, 6.07) is 7.62. The van der Waals surface area contributed by atoms with Crippen molar-refractivity contribution in [3.05, 3.63) is 34.3 Å². The largest absolute Gasteiger partial charge is 0.361 e. The van der Waals surface area contributed by atoms with Gasteiger partial charge in [0.15, 0.2) is 22.5 Å². The Balaban J connectivity index is 3.32. The molecule has 0 aliphatic carbocycles. The van der Waals surface area contributed by atoms with Gasteiger partial charge in [-0.25, -0.2) is 0 Å². The van der Waals surface area contributed by atoms with Crippen molar-refractivity contribution in [3.63, 3.8) is 0 Å². The fourth-order valence-electron chi connectivity index (χ4n) is 2.03. The summed E-state index contributed by atoms with van der Waals surface area (Å²) < 4.78 is 32.7. The lowest BCUT2D eigenvalue weighted by molar-refractivity contribution is 0.0984. The first-order chi connectivity index (χ1) is 10.4. The average Bonchev–Trinajstić information content (AvgIpc) is 2.32. The molecule has 8 heteroatoms. The molecule has 0 aliphatic rings. The van der Waals surface area contributed by atoms with Gasteiger partial charge < -0.3 is 13.2 Å². The number of benzene rings is 1. The Morgan fingerprint density at radius 2 is 1.43 bits per heavy atom. The number of hydrogen-bond acceptors (Lipinski definition) is 4. The quantitative estimate of drug-likeness (QED) is 0.348. The zero-order valence-electron chi connectivity index (χ0n) is 15.1. The Bertz CT molecular complexity index is 532. The van der Waals surface area contributed by atoms with Crippen molar-refractivity contribution in [1.82, 2.24) is 0 Å². The first-order valence-corrected chi connectivity index (χ1v) is 17.0. The summed E-state index contributed by atoms with van der Waals surface area (Å²) in [6.45, 7) is 14.4. The molecule has 0 aromatic heterocycles. The van der Waals surface area contributed by atoms with Crippen LogP contribution in [0.1, 0.15) is 18.3 Å². The van der Waals surface area contributed by atoms with Crippen molar-refractivity contribution >= 4 is 40.2 Å². The molecule has 132 valence electrons. The Morgan fingerprint density at radius 3 is 1.78 bits per heavy atom. The van der Waals surface area contributed by atoms with Gasteiger partial charge in [-0.2, -0.15) is 0 Å². The highest BCUT2D eigenvalue weighted by atomic mass is 79.9. The van der Waals surface area contributed by atoms with Crippen molar-refractivity contribution in [2.24, 2.45) is 0 Å². The molecule has 1 aromatic carbocycles. The van der Waals surface area contributed by atoms with Crippen molar-refractivity contribution < 1.29 is 17.7 Å². The molecule has 0 bridgehead atoms. The number of rotatable bonds is 8. The Hall–Kier alpha value is 0.244. The van der Waals surface area contributed by atoms with Crippen LogP contribution in [0.5, 0.6) is 0 Å². The molecule has 0 spiro atoms. The Morgan fingerprint density at radius 1 is 1.00 bits per heavy atom. The summed E-state index contributed by atoms with van der Waals surface area (Å²) >= 11 is 3.42. The van der Waals surface area contributed by atoms with Crippen LogP contribution in [-0.4, -0.2) is 23.2 Å². The van der Waals surface area contributed by atoms with Crippen LogP contribution in [0.3, 0.4) is 0 Å². The van der Waals surface area contributed by atoms with Gasteiger partial charge in [-0.1, -0.05) is 28.1 Å². The fraction of sp³-hybridized carbons (Fsp3) is 0.600. The van der Waals surface area contributed by atoms with E-state index in [1.165, 1.54) is 0 Å². The first kappa shape index (κ1) is 21.3. The summed E-state index contributed by atoms with van der Waals surface area (Å²) in [5.74, 6) is -0.695. The van der Waals surface area contributed by atoms with E-state index in [-0.39, 0.29) is 0 Å². The maximum absolute atomic E-state index is 13.7. The van der Waals surface area contributed by atoms with Crippen LogP contribution < -0.4 is 0 Å². The molecular formula is C15H28BrO4PSi2. The lowest BCUT2D eigenvalue weighted by atomic mass is 10.2. The summed E-state index contributed by atoms with van der Waals surface area (Å²) in [5.41, 5.74) is 0.815. The van der Waals surface area contributed by atoms with Gasteiger partial charge in [0.1, 0.15) is 0 Å². The van der Waals surface area contributed by atoms with Crippen LogP contribution in [0.25, 0.3) is 0 Å². The molecule has 0 amide bonds. The summed E-state index contributed by atoms with van der Waals surface area (Å²) in [6.07, 6.45) is 0. The zero-order chi connectivity index (χ0) is 17.9. The fourth-order valence-corrected chi connectivity index (χ4v) is 10.5. The highest BCUT2D eigenvalue weighted by Gasteiger charge is 2.44. The van der Waals surface area contributed by atoms with Crippen molar-refractivity contribution in [3.8, 4) is 0 Å². The zero-order valence-corrected chi connectivity index (χ0v) is 19.5. The van der Waals surface area contributed by atoms with Gasteiger partial charge in [-0.3, -0.25) is 4.57 Å². The summed E-state index contributed by atoms with van der Waals surface area (Å²) in [4.78, 5) is 0. The topological polar surface area (TPSA) is 44.8 Å². The van der Waals surface area contributed by atoms with E-state index in [9.17, 15) is 4.57 Å². The molecule has 0 fully saturated rings. The van der Waals surface area contributed by atoms with E-state index in [0.717, 1.165) is 10.0 Å². The maximum atomic E-state index is 13.7. The van der Waals surface area contributed by atoms with Gasteiger partial charge in [-0.05, 0) is 63.9 Å². The molecule has 0 saturated carbocycles. The molecule has 1 unspecified atom stereocenters. The van der Waals surface area contributed by atoms with E-state index < -0.39 is 30.1 Å². The minimum atomic E-state index is -3.44. The SMILES string of the molecule is CCOC(c1ccc(Br)cc1)P(=O)(O[Si](C)(C)C)O[Si](C)(C)C. The highest BCUT2D eigenvalue weighted by Crippen LogP contribution is 2.64. The third kappa shape index (κ3) is 7.34. The normalized spacial score (nSPS) is 14.8. The number of ether oxygens (including phenoxy) is 1. The van der Waals surface area contributed by atoms with E-state index in [0.29, 0.717) is 6.61 Å². The van der Waals surface area contributed by atoms with E-state index in [1.54, 1.807) is 0 Å².